The van der Waals surface area contributed by atoms with Crippen molar-refractivity contribution in [1.82, 2.24) is 0 Å². The first-order chi connectivity index (χ1) is 7.20. The van der Waals surface area contributed by atoms with Gasteiger partial charge in [0.1, 0.15) is 5.82 Å². The molecule has 3 heteroatoms. The number of nitrogens with two attached hydrogens (primary N) is 1. The Bertz CT molecular complexity index is 347. The summed E-state index contributed by atoms with van der Waals surface area (Å²) in [5.74, 6) is 0.255. The van der Waals surface area contributed by atoms with Crippen molar-refractivity contribution < 1.29 is 4.39 Å². The van der Waals surface area contributed by atoms with Gasteiger partial charge in [0.15, 0.2) is 0 Å². The van der Waals surface area contributed by atoms with Gasteiger partial charge in [-0.2, -0.15) is 0 Å². The number of rotatable bonds is 2. The predicted molar refractivity (Wildman–Crippen MR) is 63.0 cm³/mol. The molecule has 1 aliphatic rings. The van der Waals surface area contributed by atoms with Crippen LogP contribution < -0.4 is 5.73 Å². The summed E-state index contributed by atoms with van der Waals surface area (Å²) >= 11 is 3.19. The Balaban J connectivity index is 2.24. The van der Waals surface area contributed by atoms with Crippen LogP contribution in [0.5, 0.6) is 0 Å². The summed E-state index contributed by atoms with van der Waals surface area (Å²) in [5, 5.41) is 0. The standard InChI is InChI=1S/C12H15BrFN/c13-10-7-3-6-9(11(10)14)12(15)8-4-1-2-5-8/h3,6-8,12H,1-2,4-5,15H2/t12-/m1/s1. The number of hydrogen-bond donors (Lipinski definition) is 1. The van der Waals surface area contributed by atoms with E-state index in [4.69, 9.17) is 5.73 Å². The number of hydrogen-bond acceptors (Lipinski definition) is 1. The van der Waals surface area contributed by atoms with Gasteiger partial charge in [0.05, 0.1) is 4.47 Å². The van der Waals surface area contributed by atoms with Gasteiger partial charge in [0.25, 0.3) is 0 Å². The van der Waals surface area contributed by atoms with E-state index in [0.717, 1.165) is 12.8 Å². The van der Waals surface area contributed by atoms with Crippen molar-refractivity contribution in [1.29, 1.82) is 0 Å². The monoisotopic (exact) mass is 271 g/mol. The van der Waals surface area contributed by atoms with Crippen LogP contribution in [0.15, 0.2) is 22.7 Å². The van der Waals surface area contributed by atoms with Crippen LogP contribution >= 0.6 is 15.9 Å². The molecule has 0 aliphatic heterocycles. The van der Waals surface area contributed by atoms with E-state index in [0.29, 0.717) is 16.0 Å². The lowest BCUT2D eigenvalue weighted by molar-refractivity contribution is 0.428. The molecule has 2 N–H and O–H groups in total. The molecule has 82 valence electrons. The summed E-state index contributed by atoms with van der Waals surface area (Å²) < 4.78 is 14.3. The van der Waals surface area contributed by atoms with Crippen molar-refractivity contribution in [3.63, 3.8) is 0 Å². The minimum Gasteiger partial charge on any atom is -0.324 e. The Hall–Kier alpha value is -0.410. The molecule has 0 aromatic heterocycles. The molecule has 0 amide bonds. The molecular formula is C12H15BrFN. The van der Waals surface area contributed by atoms with Gasteiger partial charge >= 0.3 is 0 Å². The Morgan fingerprint density at radius 3 is 2.67 bits per heavy atom. The second kappa shape index (κ2) is 4.62. The molecule has 0 heterocycles. The second-order valence-corrected chi connectivity index (χ2v) is 5.07. The molecule has 1 aliphatic carbocycles. The highest BCUT2D eigenvalue weighted by atomic mass is 79.9. The third-order valence-corrected chi connectivity index (χ3v) is 3.86. The van der Waals surface area contributed by atoms with Crippen LogP contribution in [0.1, 0.15) is 37.3 Å². The lowest BCUT2D eigenvalue weighted by atomic mass is 9.92. The average Bonchev–Trinajstić information content (AvgIpc) is 2.74. The Kier molecular flexibility index (Phi) is 3.42. The Morgan fingerprint density at radius 2 is 2.00 bits per heavy atom. The summed E-state index contributed by atoms with van der Waals surface area (Å²) in [6.45, 7) is 0. The highest BCUT2D eigenvalue weighted by Gasteiger charge is 2.25. The van der Waals surface area contributed by atoms with E-state index in [-0.39, 0.29) is 11.9 Å². The van der Waals surface area contributed by atoms with Crippen LogP contribution in [0.2, 0.25) is 0 Å². The Labute approximate surface area is 98.0 Å². The molecular weight excluding hydrogens is 257 g/mol. The SMILES string of the molecule is N[C@@H](c1cccc(Br)c1F)C1CCCC1. The average molecular weight is 272 g/mol. The molecule has 15 heavy (non-hydrogen) atoms. The van der Waals surface area contributed by atoms with Gasteiger partial charge in [-0.05, 0) is 40.8 Å². The van der Waals surface area contributed by atoms with Crippen LogP contribution in [0.4, 0.5) is 4.39 Å². The van der Waals surface area contributed by atoms with Crippen LogP contribution in [0, 0.1) is 11.7 Å². The van der Waals surface area contributed by atoms with Crippen LogP contribution in [0.25, 0.3) is 0 Å². The zero-order valence-corrected chi connectivity index (χ0v) is 10.1. The molecule has 1 aromatic rings. The van der Waals surface area contributed by atoms with E-state index < -0.39 is 0 Å². The fraction of sp³-hybridized carbons (Fsp3) is 0.500. The smallest absolute Gasteiger partial charge is 0.142 e. The molecule has 0 spiro atoms. The lowest BCUT2D eigenvalue weighted by Crippen LogP contribution is -2.20. The molecule has 0 bridgehead atoms. The molecule has 1 nitrogen and oxygen atoms in total. The molecule has 2 rings (SSSR count). The summed E-state index contributed by atoms with van der Waals surface area (Å²) in [4.78, 5) is 0. The highest BCUT2D eigenvalue weighted by Crippen LogP contribution is 2.36. The topological polar surface area (TPSA) is 26.0 Å². The van der Waals surface area contributed by atoms with Gasteiger partial charge in [0, 0.05) is 11.6 Å². The van der Waals surface area contributed by atoms with Gasteiger partial charge in [-0.15, -0.1) is 0 Å². The maximum Gasteiger partial charge on any atom is 0.142 e. The van der Waals surface area contributed by atoms with Crippen molar-refractivity contribution >= 4 is 15.9 Å². The molecule has 0 unspecified atom stereocenters. The number of benzene rings is 1. The van der Waals surface area contributed by atoms with E-state index in [1.165, 1.54) is 12.8 Å². The first-order valence-electron chi connectivity index (χ1n) is 5.39. The van der Waals surface area contributed by atoms with E-state index in [1.54, 1.807) is 12.1 Å². The maximum atomic E-state index is 13.8. The first-order valence-corrected chi connectivity index (χ1v) is 6.19. The summed E-state index contributed by atoms with van der Waals surface area (Å²) in [7, 11) is 0. The molecule has 1 saturated carbocycles. The minimum atomic E-state index is -0.197. The van der Waals surface area contributed by atoms with Crippen LogP contribution in [0.3, 0.4) is 0 Å². The van der Waals surface area contributed by atoms with Crippen molar-refractivity contribution in [3.05, 3.63) is 34.1 Å². The zero-order chi connectivity index (χ0) is 10.8. The fourth-order valence-corrected chi connectivity index (χ4v) is 2.73. The number of halogens is 2. The van der Waals surface area contributed by atoms with Crippen LogP contribution in [-0.4, -0.2) is 0 Å². The van der Waals surface area contributed by atoms with Gasteiger partial charge in [-0.3, -0.25) is 0 Å². The molecule has 1 fully saturated rings. The summed E-state index contributed by atoms with van der Waals surface area (Å²) in [5.41, 5.74) is 6.76. The van der Waals surface area contributed by atoms with Gasteiger partial charge in [-0.1, -0.05) is 25.0 Å². The summed E-state index contributed by atoms with van der Waals surface area (Å²) in [6, 6.07) is 5.20. The van der Waals surface area contributed by atoms with E-state index in [2.05, 4.69) is 15.9 Å². The predicted octanol–water partition coefficient (Wildman–Crippen LogP) is 3.78. The normalized spacial score (nSPS) is 19.4. The summed E-state index contributed by atoms with van der Waals surface area (Å²) in [6.07, 6.45) is 4.72. The first kappa shape index (κ1) is 11.1. The van der Waals surface area contributed by atoms with Crippen molar-refractivity contribution in [2.45, 2.75) is 31.7 Å². The van der Waals surface area contributed by atoms with Crippen molar-refractivity contribution in [2.24, 2.45) is 11.7 Å². The van der Waals surface area contributed by atoms with E-state index >= 15 is 0 Å². The third-order valence-electron chi connectivity index (χ3n) is 3.25. The molecule has 1 aromatic carbocycles. The molecule has 0 saturated heterocycles. The van der Waals surface area contributed by atoms with Gasteiger partial charge in [0.2, 0.25) is 0 Å². The highest BCUT2D eigenvalue weighted by molar-refractivity contribution is 9.10. The van der Waals surface area contributed by atoms with Gasteiger partial charge in [-0.25, -0.2) is 4.39 Å². The van der Waals surface area contributed by atoms with Crippen molar-refractivity contribution in [3.8, 4) is 0 Å². The van der Waals surface area contributed by atoms with Crippen LogP contribution in [-0.2, 0) is 0 Å². The van der Waals surface area contributed by atoms with Gasteiger partial charge < -0.3 is 5.73 Å². The maximum absolute atomic E-state index is 13.8. The fourth-order valence-electron chi connectivity index (χ4n) is 2.35. The van der Waals surface area contributed by atoms with E-state index in [9.17, 15) is 4.39 Å². The molecule has 0 radical (unpaired) electrons. The van der Waals surface area contributed by atoms with Crippen molar-refractivity contribution in [2.75, 3.05) is 0 Å². The quantitative estimate of drug-likeness (QED) is 0.871. The van der Waals surface area contributed by atoms with E-state index in [1.807, 2.05) is 6.07 Å². The minimum absolute atomic E-state index is 0.148. The largest absolute Gasteiger partial charge is 0.324 e. The third kappa shape index (κ3) is 2.23. The lowest BCUT2D eigenvalue weighted by Gasteiger charge is -2.20. The zero-order valence-electron chi connectivity index (χ0n) is 8.55. The second-order valence-electron chi connectivity index (χ2n) is 4.21. The Morgan fingerprint density at radius 1 is 1.33 bits per heavy atom. The molecule has 1 atom stereocenters.